The predicted octanol–water partition coefficient (Wildman–Crippen LogP) is -0.134. The number of carbonyl (C=O) groups excluding carboxylic acids is 3. The van der Waals surface area contributed by atoms with Crippen LogP contribution in [0.2, 0.25) is 0 Å². The zero-order valence-corrected chi connectivity index (χ0v) is 14.8. The minimum absolute atomic E-state index is 0.263. The van der Waals surface area contributed by atoms with E-state index in [1.54, 1.807) is 7.11 Å². The fraction of sp³-hybridized carbons (Fsp3) is 0.500. The van der Waals surface area contributed by atoms with Crippen LogP contribution in [-0.2, 0) is 19.1 Å². The molecule has 0 radical (unpaired) electrons. The fourth-order valence-electron chi connectivity index (χ4n) is 4.36. The highest BCUT2D eigenvalue weighted by Crippen LogP contribution is 2.46. The van der Waals surface area contributed by atoms with Crippen molar-refractivity contribution >= 4 is 17.8 Å². The van der Waals surface area contributed by atoms with Crippen LogP contribution >= 0.6 is 0 Å². The molecule has 4 atom stereocenters. The lowest BCUT2D eigenvalue weighted by Gasteiger charge is -2.27. The van der Waals surface area contributed by atoms with E-state index >= 15 is 0 Å². The number of nitrogens with two attached hydrogens (primary N) is 1. The molecule has 0 saturated carbocycles. The molecule has 2 heterocycles. The summed E-state index contributed by atoms with van der Waals surface area (Å²) in [6, 6.07) is 7.00. The highest BCUT2D eigenvalue weighted by atomic mass is 16.5. The zero-order chi connectivity index (χ0) is 18.4. The van der Waals surface area contributed by atoms with E-state index in [-0.39, 0.29) is 17.9 Å². The Labute approximate surface area is 146 Å². The summed E-state index contributed by atoms with van der Waals surface area (Å²) >= 11 is 0. The maximum Gasteiger partial charge on any atom is 0.368 e. The van der Waals surface area contributed by atoms with Gasteiger partial charge in [0.25, 0.3) is 0 Å². The van der Waals surface area contributed by atoms with Gasteiger partial charge in [-0.25, -0.2) is 4.79 Å². The summed E-state index contributed by atoms with van der Waals surface area (Å²) in [6.45, 7) is 1.84. The monoisotopic (exact) mass is 347 g/mol. The molecular weight excluding hydrogens is 324 g/mol. The first-order chi connectivity index (χ1) is 11.9. The molecule has 2 aliphatic rings. The molecule has 25 heavy (non-hydrogen) atoms. The number of ether oxygens (including phenoxy) is 2. The van der Waals surface area contributed by atoms with E-state index in [9.17, 15) is 14.4 Å². The van der Waals surface area contributed by atoms with E-state index < -0.39 is 23.3 Å². The summed E-state index contributed by atoms with van der Waals surface area (Å²) in [7, 11) is 4.34. The Bertz CT molecular complexity index is 734. The molecule has 0 aliphatic carbocycles. The van der Waals surface area contributed by atoms with Gasteiger partial charge in [0.15, 0.2) is 0 Å². The molecule has 0 aromatic heterocycles. The number of amides is 2. The first kappa shape index (κ1) is 17.4. The highest BCUT2D eigenvalue weighted by molar-refractivity contribution is 6.08. The van der Waals surface area contributed by atoms with Crippen LogP contribution in [0.1, 0.15) is 24.9 Å². The van der Waals surface area contributed by atoms with Gasteiger partial charge >= 0.3 is 5.97 Å². The standard InChI is InChI=1S/C18H22N2O5/c1-5-18(17(23)25-4)13-12(15(21)20(2)16(13)22)14(19-18)10-8-6-7-9-11(10)24-3/h6-9,12-14,19H,5H2,1-4H3/p+1/t12-,13+,14-,18+/m0/s1. The molecule has 2 amide bonds. The minimum atomic E-state index is -1.11. The van der Waals surface area contributed by atoms with Crippen molar-refractivity contribution in [2.45, 2.75) is 24.9 Å². The predicted molar refractivity (Wildman–Crippen MR) is 87.5 cm³/mol. The normalized spacial score (nSPS) is 31.2. The van der Waals surface area contributed by atoms with Gasteiger partial charge < -0.3 is 14.8 Å². The Hall–Kier alpha value is -2.41. The number of rotatable bonds is 4. The lowest BCUT2D eigenvalue weighted by Crippen LogP contribution is -2.98. The molecule has 2 N–H and O–H groups in total. The smallest absolute Gasteiger partial charge is 0.368 e. The molecule has 0 unspecified atom stereocenters. The van der Waals surface area contributed by atoms with Gasteiger partial charge in [0.2, 0.25) is 17.4 Å². The Morgan fingerprint density at radius 1 is 1.24 bits per heavy atom. The van der Waals surface area contributed by atoms with Crippen molar-refractivity contribution in [2.75, 3.05) is 21.3 Å². The Balaban J connectivity index is 2.17. The van der Waals surface area contributed by atoms with Crippen molar-refractivity contribution < 1.29 is 29.2 Å². The molecule has 1 aromatic rings. The molecule has 7 heteroatoms. The maximum atomic E-state index is 12.8. The van der Waals surface area contributed by atoms with E-state index in [0.29, 0.717) is 12.2 Å². The highest BCUT2D eigenvalue weighted by Gasteiger charge is 2.71. The van der Waals surface area contributed by atoms with E-state index in [0.717, 1.165) is 10.5 Å². The number of quaternary nitrogens is 1. The van der Waals surface area contributed by atoms with Crippen molar-refractivity contribution in [3.63, 3.8) is 0 Å². The lowest BCUT2D eigenvalue weighted by atomic mass is 9.78. The van der Waals surface area contributed by atoms with Crippen LogP contribution in [0.15, 0.2) is 24.3 Å². The van der Waals surface area contributed by atoms with Crippen LogP contribution in [-0.4, -0.2) is 49.5 Å². The van der Waals surface area contributed by atoms with Crippen LogP contribution in [0.4, 0.5) is 0 Å². The van der Waals surface area contributed by atoms with E-state index in [4.69, 9.17) is 9.47 Å². The van der Waals surface area contributed by atoms with Gasteiger partial charge in [-0.05, 0) is 12.1 Å². The lowest BCUT2D eigenvalue weighted by molar-refractivity contribution is -0.734. The molecule has 134 valence electrons. The number of esters is 1. The van der Waals surface area contributed by atoms with Crippen LogP contribution in [0.25, 0.3) is 0 Å². The summed E-state index contributed by atoms with van der Waals surface area (Å²) in [5, 5.41) is 1.83. The average molecular weight is 347 g/mol. The number of hydrogen-bond donors (Lipinski definition) is 1. The number of carbonyl (C=O) groups is 3. The van der Waals surface area contributed by atoms with E-state index in [1.165, 1.54) is 14.2 Å². The van der Waals surface area contributed by atoms with Crippen molar-refractivity contribution in [2.24, 2.45) is 11.8 Å². The second-order valence-corrected chi connectivity index (χ2v) is 6.56. The number of benzene rings is 1. The SMILES string of the molecule is CC[C@@]1(C(=O)OC)[NH2+][C@@H](c2ccccc2OC)[C@H]2C(=O)N(C)C(=O)[C@@H]21. The number of nitrogens with zero attached hydrogens (tertiary/aromatic N) is 1. The summed E-state index contributed by atoms with van der Waals surface area (Å²) in [6.07, 6.45) is 0.388. The number of likely N-dealkylation sites (tertiary alicyclic amines) is 1. The van der Waals surface area contributed by atoms with E-state index in [1.807, 2.05) is 36.5 Å². The quantitative estimate of drug-likeness (QED) is 0.605. The molecule has 1 aromatic carbocycles. The van der Waals surface area contributed by atoms with Crippen LogP contribution in [0, 0.1) is 11.8 Å². The number of fused-ring (bicyclic) bond motifs is 1. The van der Waals surface area contributed by atoms with Crippen LogP contribution in [0.5, 0.6) is 5.75 Å². The summed E-state index contributed by atoms with van der Waals surface area (Å²) in [5.74, 6) is -1.78. The molecule has 2 aliphatic heterocycles. The summed E-state index contributed by atoms with van der Waals surface area (Å²) < 4.78 is 10.5. The molecule has 0 spiro atoms. The van der Waals surface area contributed by atoms with Crippen molar-refractivity contribution in [3.05, 3.63) is 29.8 Å². The van der Waals surface area contributed by atoms with Gasteiger partial charge in [-0.3, -0.25) is 14.5 Å². The molecule has 2 saturated heterocycles. The third kappa shape index (κ3) is 2.26. The minimum Gasteiger partial charge on any atom is -0.496 e. The number of para-hydroxylation sites is 1. The second kappa shape index (κ2) is 6.15. The first-order valence-corrected chi connectivity index (χ1v) is 8.31. The third-order valence-corrected chi connectivity index (χ3v) is 5.64. The van der Waals surface area contributed by atoms with Gasteiger partial charge in [-0.15, -0.1) is 0 Å². The Morgan fingerprint density at radius 2 is 1.92 bits per heavy atom. The molecule has 7 nitrogen and oxygen atoms in total. The van der Waals surface area contributed by atoms with Crippen molar-refractivity contribution in [3.8, 4) is 5.75 Å². The average Bonchev–Trinajstić information content (AvgIpc) is 3.11. The Morgan fingerprint density at radius 3 is 2.52 bits per heavy atom. The van der Waals surface area contributed by atoms with E-state index in [2.05, 4.69) is 0 Å². The van der Waals surface area contributed by atoms with Crippen LogP contribution < -0.4 is 10.1 Å². The topological polar surface area (TPSA) is 89.5 Å². The van der Waals surface area contributed by atoms with Gasteiger partial charge in [-0.1, -0.05) is 19.1 Å². The molecule has 2 fully saturated rings. The number of hydrogen-bond acceptors (Lipinski definition) is 5. The molecular formula is C18H23N2O5+. The van der Waals surface area contributed by atoms with Gasteiger partial charge in [0, 0.05) is 13.5 Å². The summed E-state index contributed by atoms with van der Waals surface area (Å²) in [5.41, 5.74) is -0.307. The molecule has 0 bridgehead atoms. The number of methoxy groups -OCH3 is 2. The number of imide groups is 1. The van der Waals surface area contributed by atoms with Gasteiger partial charge in [0.1, 0.15) is 23.6 Å². The van der Waals surface area contributed by atoms with Crippen molar-refractivity contribution in [1.82, 2.24) is 4.90 Å². The van der Waals surface area contributed by atoms with Gasteiger partial charge in [0.05, 0.1) is 19.8 Å². The Kier molecular flexibility index (Phi) is 4.28. The zero-order valence-electron chi connectivity index (χ0n) is 14.8. The largest absolute Gasteiger partial charge is 0.496 e. The van der Waals surface area contributed by atoms with Crippen LogP contribution in [0.3, 0.4) is 0 Å². The molecule has 3 rings (SSSR count). The maximum absolute atomic E-state index is 12.8. The van der Waals surface area contributed by atoms with Gasteiger partial charge in [-0.2, -0.15) is 0 Å². The second-order valence-electron chi connectivity index (χ2n) is 6.56. The fourth-order valence-corrected chi connectivity index (χ4v) is 4.36. The third-order valence-electron chi connectivity index (χ3n) is 5.64. The summed E-state index contributed by atoms with van der Waals surface area (Å²) in [4.78, 5) is 39.3. The first-order valence-electron chi connectivity index (χ1n) is 8.31. The van der Waals surface area contributed by atoms with Crippen molar-refractivity contribution in [1.29, 1.82) is 0 Å².